The first-order valence-electron chi connectivity index (χ1n) is 9.11. The summed E-state index contributed by atoms with van der Waals surface area (Å²) in [6.45, 7) is 1.91. The minimum absolute atomic E-state index is 0.141. The van der Waals surface area contributed by atoms with Crippen LogP contribution in [0.1, 0.15) is 11.4 Å². The quantitative estimate of drug-likeness (QED) is 0.449. The van der Waals surface area contributed by atoms with Crippen molar-refractivity contribution in [2.45, 2.75) is 18.4 Å². The van der Waals surface area contributed by atoms with E-state index < -0.39 is 10.0 Å². The minimum atomic E-state index is -3.88. The van der Waals surface area contributed by atoms with Crippen molar-refractivity contribution in [1.29, 1.82) is 0 Å². The van der Waals surface area contributed by atoms with E-state index >= 15 is 0 Å². The summed E-state index contributed by atoms with van der Waals surface area (Å²) in [4.78, 5) is 0.141. The lowest BCUT2D eigenvalue weighted by Crippen LogP contribution is -2.30. The van der Waals surface area contributed by atoms with Crippen molar-refractivity contribution < 1.29 is 13.2 Å². The normalized spacial score (nSPS) is 11.6. The molecule has 30 heavy (non-hydrogen) atoms. The fourth-order valence-corrected chi connectivity index (χ4v) is 4.66. The first-order chi connectivity index (χ1) is 14.4. The van der Waals surface area contributed by atoms with Crippen molar-refractivity contribution in [2.75, 3.05) is 11.4 Å². The van der Waals surface area contributed by atoms with Crippen LogP contribution in [0.25, 0.3) is 5.65 Å². The van der Waals surface area contributed by atoms with Crippen molar-refractivity contribution in [3.05, 3.63) is 83.3 Å². The van der Waals surface area contributed by atoms with Gasteiger partial charge in [0.2, 0.25) is 0 Å². The van der Waals surface area contributed by atoms with Crippen molar-refractivity contribution in [1.82, 2.24) is 14.6 Å². The second-order valence-electron chi connectivity index (χ2n) is 6.68. The van der Waals surface area contributed by atoms with Crippen molar-refractivity contribution in [3.8, 4) is 5.75 Å². The van der Waals surface area contributed by atoms with Crippen molar-refractivity contribution in [2.24, 2.45) is 0 Å². The van der Waals surface area contributed by atoms with Gasteiger partial charge in [-0.1, -0.05) is 23.7 Å². The van der Waals surface area contributed by atoms with Crippen molar-refractivity contribution in [3.63, 3.8) is 0 Å². The average molecular weight is 443 g/mol. The number of benzene rings is 2. The Morgan fingerprint density at radius 3 is 2.37 bits per heavy atom. The highest BCUT2D eigenvalue weighted by atomic mass is 35.5. The molecule has 2 aromatic carbocycles. The molecule has 0 fully saturated rings. The van der Waals surface area contributed by atoms with E-state index in [0.717, 1.165) is 5.56 Å². The van der Waals surface area contributed by atoms with Gasteiger partial charge in [0.25, 0.3) is 10.0 Å². The lowest BCUT2D eigenvalue weighted by Gasteiger charge is -2.25. The van der Waals surface area contributed by atoms with Crippen LogP contribution >= 0.6 is 11.6 Å². The molecule has 0 bridgehead atoms. The van der Waals surface area contributed by atoms with E-state index in [4.69, 9.17) is 16.3 Å². The second-order valence-corrected chi connectivity index (χ2v) is 8.98. The van der Waals surface area contributed by atoms with Crippen LogP contribution in [0.15, 0.2) is 71.8 Å². The molecule has 0 radical (unpaired) electrons. The van der Waals surface area contributed by atoms with Crippen LogP contribution < -0.4 is 9.04 Å². The topological polar surface area (TPSA) is 76.8 Å². The third-order valence-electron chi connectivity index (χ3n) is 4.73. The van der Waals surface area contributed by atoms with Crippen LogP contribution in [-0.2, 0) is 16.6 Å². The molecule has 0 aliphatic rings. The van der Waals surface area contributed by atoms with Gasteiger partial charge in [0.15, 0.2) is 5.65 Å². The fourth-order valence-electron chi connectivity index (χ4n) is 3.08. The van der Waals surface area contributed by atoms with Crippen LogP contribution in [0.2, 0.25) is 5.02 Å². The molecule has 2 aromatic heterocycles. The summed E-state index contributed by atoms with van der Waals surface area (Å²) in [5, 5.41) is 8.60. The summed E-state index contributed by atoms with van der Waals surface area (Å²) in [6, 6.07) is 17.2. The molecule has 2 heterocycles. The molecule has 0 unspecified atom stereocenters. The maximum Gasteiger partial charge on any atom is 0.266 e. The van der Waals surface area contributed by atoms with Crippen molar-refractivity contribution >= 4 is 33.0 Å². The summed E-state index contributed by atoms with van der Waals surface area (Å²) >= 11 is 5.98. The Labute approximate surface area is 179 Å². The van der Waals surface area contributed by atoms with Gasteiger partial charge in [-0.25, -0.2) is 8.42 Å². The molecule has 0 spiro atoms. The number of nitrogens with zero attached hydrogens (tertiary/aromatic N) is 4. The number of sulfonamides is 1. The Morgan fingerprint density at radius 1 is 1.00 bits per heavy atom. The lowest BCUT2D eigenvalue weighted by atomic mass is 10.2. The molecule has 4 aromatic rings. The smallest absolute Gasteiger partial charge is 0.266 e. The van der Waals surface area contributed by atoms with Crippen LogP contribution in [0.4, 0.5) is 5.69 Å². The molecule has 0 aliphatic heterocycles. The van der Waals surface area contributed by atoms with Crippen LogP contribution in [0, 0.1) is 6.92 Å². The molecule has 0 saturated heterocycles. The van der Waals surface area contributed by atoms with E-state index in [1.807, 2.05) is 12.1 Å². The molecule has 7 nitrogen and oxygen atoms in total. The summed E-state index contributed by atoms with van der Waals surface area (Å²) in [7, 11) is -2.32. The van der Waals surface area contributed by atoms with Crippen LogP contribution in [0.5, 0.6) is 5.75 Å². The SMILES string of the molecule is COc1ccc(N(Cc2ccc(Cl)cc2)S(=O)(=O)c2ccc3nnc(C)n3c2)cc1. The van der Waals surface area contributed by atoms with Gasteiger partial charge in [-0.05, 0) is 61.0 Å². The first-order valence-corrected chi connectivity index (χ1v) is 10.9. The zero-order chi connectivity index (χ0) is 21.3. The number of hydrogen-bond acceptors (Lipinski definition) is 5. The number of aryl methyl sites for hydroxylation is 1. The summed E-state index contributed by atoms with van der Waals surface area (Å²) < 4.78 is 35.5. The monoisotopic (exact) mass is 442 g/mol. The fraction of sp³-hybridized carbons (Fsp3) is 0.143. The van der Waals surface area contributed by atoms with Gasteiger partial charge in [0.1, 0.15) is 16.5 Å². The molecule has 154 valence electrons. The Morgan fingerprint density at radius 2 is 1.70 bits per heavy atom. The van der Waals surface area contributed by atoms with E-state index in [9.17, 15) is 8.42 Å². The number of pyridine rings is 1. The predicted molar refractivity (Wildman–Crippen MR) is 116 cm³/mol. The van der Waals surface area contributed by atoms with Gasteiger partial charge in [-0.2, -0.15) is 0 Å². The van der Waals surface area contributed by atoms with E-state index in [2.05, 4.69) is 10.2 Å². The van der Waals surface area contributed by atoms with Crippen LogP contribution in [0.3, 0.4) is 0 Å². The highest BCUT2D eigenvalue weighted by Gasteiger charge is 2.26. The van der Waals surface area contributed by atoms with Gasteiger partial charge >= 0.3 is 0 Å². The molecular weight excluding hydrogens is 424 g/mol. The second kappa shape index (κ2) is 7.97. The standard InChI is InChI=1S/C21H19ClN4O3S/c1-15-23-24-21-12-11-20(14-25(15)21)30(27,28)26(13-16-3-5-17(22)6-4-16)18-7-9-19(29-2)10-8-18/h3-12,14H,13H2,1-2H3. The Hall–Kier alpha value is -3.10. The number of rotatable bonds is 6. The molecule has 0 saturated carbocycles. The Kier molecular flexibility index (Phi) is 5.36. The molecule has 0 amide bonds. The van der Waals surface area contributed by atoms with E-state index in [0.29, 0.717) is 27.9 Å². The number of halogens is 1. The molecule has 0 atom stereocenters. The van der Waals surface area contributed by atoms with Gasteiger partial charge in [-0.15, -0.1) is 10.2 Å². The molecule has 0 N–H and O–H groups in total. The first kappa shape index (κ1) is 20.2. The lowest BCUT2D eigenvalue weighted by molar-refractivity contribution is 0.415. The average Bonchev–Trinajstić information content (AvgIpc) is 3.13. The van der Waals surface area contributed by atoms with Gasteiger partial charge in [-0.3, -0.25) is 8.71 Å². The Balaban J connectivity index is 1.81. The van der Waals surface area contributed by atoms with Gasteiger partial charge in [0, 0.05) is 11.2 Å². The highest BCUT2D eigenvalue weighted by molar-refractivity contribution is 7.92. The summed E-state index contributed by atoms with van der Waals surface area (Å²) in [5.74, 6) is 1.25. The van der Waals surface area contributed by atoms with Gasteiger partial charge < -0.3 is 4.74 Å². The van der Waals surface area contributed by atoms with Crippen LogP contribution in [-0.4, -0.2) is 30.1 Å². The van der Waals surface area contributed by atoms with E-state index in [-0.39, 0.29) is 11.4 Å². The number of ether oxygens (including phenoxy) is 1. The summed E-state index contributed by atoms with van der Waals surface area (Å²) in [6.07, 6.45) is 1.54. The third-order valence-corrected chi connectivity index (χ3v) is 6.74. The molecule has 9 heteroatoms. The zero-order valence-electron chi connectivity index (χ0n) is 16.4. The number of fused-ring (bicyclic) bond motifs is 1. The minimum Gasteiger partial charge on any atom is -0.497 e. The molecule has 0 aliphatic carbocycles. The predicted octanol–water partition coefficient (Wildman–Crippen LogP) is 4.10. The maximum absolute atomic E-state index is 13.6. The van der Waals surface area contributed by atoms with E-state index in [1.54, 1.807) is 67.1 Å². The van der Waals surface area contributed by atoms with E-state index in [1.165, 1.54) is 10.4 Å². The Bertz CT molecular complexity index is 1290. The summed E-state index contributed by atoms with van der Waals surface area (Å²) in [5.41, 5.74) is 1.91. The third kappa shape index (κ3) is 3.83. The zero-order valence-corrected chi connectivity index (χ0v) is 17.9. The number of aromatic nitrogens is 3. The van der Waals surface area contributed by atoms with Gasteiger partial charge in [0.05, 0.1) is 19.3 Å². The maximum atomic E-state index is 13.6. The molecular formula is C21H19ClN4O3S. The molecule has 4 rings (SSSR count). The highest BCUT2D eigenvalue weighted by Crippen LogP contribution is 2.28. The number of methoxy groups -OCH3 is 1. The number of anilines is 1. The largest absolute Gasteiger partial charge is 0.497 e. The number of hydrogen-bond donors (Lipinski definition) is 0.